The maximum Gasteiger partial charge on any atom is 0.264 e. The SMILES string of the molecule is CN(CCCOc1ccccc1CN(c1cc(F)ccc1F)S(=O)(=O)c1ccc(Cl)cc1)C(=O)c1cccnc1. The number of ether oxygens (including phenoxy) is 1. The van der Waals surface area contributed by atoms with Crippen molar-refractivity contribution in [2.45, 2.75) is 17.9 Å². The van der Waals surface area contributed by atoms with Crippen molar-refractivity contribution in [1.29, 1.82) is 0 Å². The Morgan fingerprint density at radius 3 is 2.48 bits per heavy atom. The molecule has 1 amide bonds. The molecule has 3 aromatic carbocycles. The maximum atomic E-state index is 14.9. The molecule has 0 unspecified atom stereocenters. The topological polar surface area (TPSA) is 79.8 Å². The molecule has 4 rings (SSSR count). The molecule has 11 heteroatoms. The summed E-state index contributed by atoms with van der Waals surface area (Å²) in [5.41, 5.74) is 0.464. The van der Waals surface area contributed by atoms with Gasteiger partial charge in [0.2, 0.25) is 0 Å². The van der Waals surface area contributed by atoms with Crippen LogP contribution in [0.1, 0.15) is 22.3 Å². The van der Waals surface area contributed by atoms with E-state index in [1.807, 2.05) is 0 Å². The monoisotopic (exact) mass is 585 g/mol. The van der Waals surface area contributed by atoms with Crippen molar-refractivity contribution < 1.29 is 26.7 Å². The Bertz CT molecular complexity index is 1570. The van der Waals surface area contributed by atoms with E-state index < -0.39 is 27.3 Å². The molecular formula is C29H26ClF2N3O4S. The molecule has 0 spiro atoms. The number of hydrogen-bond donors (Lipinski definition) is 0. The summed E-state index contributed by atoms with van der Waals surface area (Å²) in [5.74, 6) is -1.49. The van der Waals surface area contributed by atoms with E-state index in [2.05, 4.69) is 4.98 Å². The fourth-order valence-electron chi connectivity index (χ4n) is 3.94. The van der Waals surface area contributed by atoms with Crippen LogP contribution in [0.5, 0.6) is 5.75 Å². The molecule has 0 atom stereocenters. The van der Waals surface area contributed by atoms with Gasteiger partial charge in [-0.25, -0.2) is 17.2 Å². The zero-order chi connectivity index (χ0) is 28.7. The van der Waals surface area contributed by atoms with Gasteiger partial charge in [-0.3, -0.25) is 14.1 Å². The molecule has 0 fully saturated rings. The number of hydrogen-bond acceptors (Lipinski definition) is 5. The normalized spacial score (nSPS) is 11.2. The van der Waals surface area contributed by atoms with Crippen LogP contribution in [0.25, 0.3) is 0 Å². The van der Waals surface area contributed by atoms with Crippen molar-refractivity contribution in [1.82, 2.24) is 9.88 Å². The van der Waals surface area contributed by atoms with Gasteiger partial charge in [0.25, 0.3) is 15.9 Å². The molecule has 40 heavy (non-hydrogen) atoms. The molecule has 0 N–H and O–H groups in total. The lowest BCUT2D eigenvalue weighted by Crippen LogP contribution is -2.31. The van der Waals surface area contributed by atoms with Crippen LogP contribution in [0, 0.1) is 11.6 Å². The highest BCUT2D eigenvalue weighted by Gasteiger charge is 2.29. The van der Waals surface area contributed by atoms with Crippen LogP contribution in [0.2, 0.25) is 5.02 Å². The van der Waals surface area contributed by atoms with E-state index in [0.717, 1.165) is 22.5 Å². The van der Waals surface area contributed by atoms with Crippen molar-refractivity contribution in [3.8, 4) is 5.75 Å². The number of anilines is 1. The molecule has 0 saturated carbocycles. The third-order valence-corrected chi connectivity index (χ3v) is 8.04. The number of amides is 1. The number of nitrogens with zero attached hydrogens (tertiary/aromatic N) is 3. The first kappa shape index (κ1) is 29.0. The first-order valence-electron chi connectivity index (χ1n) is 12.3. The van der Waals surface area contributed by atoms with Gasteiger partial charge in [-0.05, 0) is 61.0 Å². The Kier molecular flexibility index (Phi) is 9.34. The van der Waals surface area contributed by atoms with Gasteiger partial charge in [-0.1, -0.05) is 29.8 Å². The number of rotatable bonds is 11. The summed E-state index contributed by atoms with van der Waals surface area (Å²) in [7, 11) is -2.66. The van der Waals surface area contributed by atoms with Crippen molar-refractivity contribution in [2.75, 3.05) is 24.5 Å². The average Bonchev–Trinajstić information content (AvgIpc) is 2.96. The molecule has 208 valence electrons. The molecular weight excluding hydrogens is 560 g/mol. The second-order valence-corrected chi connectivity index (χ2v) is 11.1. The molecule has 1 heterocycles. The van der Waals surface area contributed by atoms with Gasteiger partial charge in [0.1, 0.15) is 17.4 Å². The second kappa shape index (κ2) is 12.9. The Hall–Kier alpha value is -4.02. The lowest BCUT2D eigenvalue weighted by molar-refractivity contribution is 0.0787. The summed E-state index contributed by atoms with van der Waals surface area (Å²) in [4.78, 5) is 17.9. The zero-order valence-electron chi connectivity index (χ0n) is 21.5. The molecule has 0 aliphatic heterocycles. The molecule has 1 aromatic heterocycles. The van der Waals surface area contributed by atoms with Gasteiger partial charge < -0.3 is 9.64 Å². The van der Waals surface area contributed by atoms with Gasteiger partial charge in [0.15, 0.2) is 0 Å². The molecule has 0 aliphatic carbocycles. The minimum absolute atomic E-state index is 0.139. The van der Waals surface area contributed by atoms with E-state index in [-0.39, 0.29) is 24.0 Å². The molecule has 0 aliphatic rings. The van der Waals surface area contributed by atoms with Gasteiger partial charge >= 0.3 is 0 Å². The van der Waals surface area contributed by atoms with Crippen LogP contribution in [0.4, 0.5) is 14.5 Å². The van der Waals surface area contributed by atoms with Crippen LogP contribution < -0.4 is 9.04 Å². The highest BCUT2D eigenvalue weighted by Crippen LogP contribution is 2.32. The van der Waals surface area contributed by atoms with Crippen LogP contribution in [-0.4, -0.2) is 44.4 Å². The van der Waals surface area contributed by atoms with E-state index in [9.17, 15) is 22.0 Å². The number of carbonyl (C=O) groups excluding carboxylic acids is 1. The average molecular weight is 586 g/mol. The zero-order valence-corrected chi connectivity index (χ0v) is 23.1. The Morgan fingerprint density at radius 1 is 1.00 bits per heavy atom. The van der Waals surface area contributed by atoms with Crippen LogP contribution >= 0.6 is 11.6 Å². The minimum Gasteiger partial charge on any atom is -0.493 e. The summed E-state index contributed by atoms with van der Waals surface area (Å²) in [6, 6.07) is 18.1. The fraction of sp³-hybridized carbons (Fsp3) is 0.172. The summed E-state index contributed by atoms with van der Waals surface area (Å²) in [6.45, 7) is 0.294. The van der Waals surface area contributed by atoms with Crippen LogP contribution in [0.3, 0.4) is 0 Å². The van der Waals surface area contributed by atoms with Crippen molar-refractivity contribution >= 4 is 33.2 Å². The molecule has 0 saturated heterocycles. The molecule has 7 nitrogen and oxygen atoms in total. The fourth-order valence-corrected chi connectivity index (χ4v) is 5.50. The van der Waals surface area contributed by atoms with Crippen molar-refractivity contribution in [2.24, 2.45) is 0 Å². The number of sulfonamides is 1. The first-order chi connectivity index (χ1) is 19.2. The Balaban J connectivity index is 1.53. The molecule has 0 bridgehead atoms. The van der Waals surface area contributed by atoms with Crippen molar-refractivity contribution in [3.05, 3.63) is 119 Å². The highest BCUT2D eigenvalue weighted by molar-refractivity contribution is 7.92. The lowest BCUT2D eigenvalue weighted by Gasteiger charge is -2.26. The largest absolute Gasteiger partial charge is 0.493 e. The van der Waals surface area contributed by atoms with E-state index in [4.69, 9.17) is 16.3 Å². The number of aromatic nitrogens is 1. The summed E-state index contributed by atoms with van der Waals surface area (Å²) < 4.78 is 63.1. The van der Waals surface area contributed by atoms with Gasteiger partial charge in [0, 0.05) is 42.6 Å². The van der Waals surface area contributed by atoms with E-state index in [1.165, 1.54) is 30.5 Å². The summed E-state index contributed by atoms with van der Waals surface area (Å²) in [5, 5.41) is 0.328. The smallest absolute Gasteiger partial charge is 0.264 e. The standard InChI is InChI=1S/C29H26ClF2N3O4S/c1-34(29(36)21-7-4-15-33-19-21)16-5-17-39-28-8-3-2-6-22(28)20-35(27-18-24(31)11-14-26(27)32)40(37,38)25-12-9-23(30)10-13-25/h2-4,6-15,18-19H,5,16-17,20H2,1H3. The van der Waals surface area contributed by atoms with Crippen LogP contribution in [-0.2, 0) is 16.6 Å². The lowest BCUT2D eigenvalue weighted by atomic mass is 10.2. The number of halogens is 3. The van der Waals surface area contributed by atoms with Crippen LogP contribution in [0.15, 0.2) is 96.2 Å². The molecule has 4 aromatic rings. The predicted octanol–water partition coefficient (Wildman–Crippen LogP) is 5.95. The number of para-hydroxylation sites is 1. The summed E-state index contributed by atoms with van der Waals surface area (Å²) in [6.07, 6.45) is 3.57. The van der Waals surface area contributed by atoms with E-state index in [1.54, 1.807) is 54.5 Å². The second-order valence-electron chi connectivity index (χ2n) is 8.84. The highest BCUT2D eigenvalue weighted by atomic mass is 35.5. The van der Waals surface area contributed by atoms with E-state index in [0.29, 0.717) is 34.9 Å². The van der Waals surface area contributed by atoms with Gasteiger partial charge in [-0.2, -0.15) is 0 Å². The summed E-state index contributed by atoms with van der Waals surface area (Å²) >= 11 is 5.92. The third-order valence-electron chi connectivity index (χ3n) is 6.02. The first-order valence-corrected chi connectivity index (χ1v) is 14.1. The number of benzene rings is 3. The predicted molar refractivity (Wildman–Crippen MR) is 149 cm³/mol. The Labute approximate surface area is 236 Å². The Morgan fingerprint density at radius 2 is 1.75 bits per heavy atom. The maximum absolute atomic E-state index is 14.9. The van der Waals surface area contributed by atoms with E-state index >= 15 is 0 Å². The number of carbonyl (C=O) groups is 1. The van der Waals surface area contributed by atoms with Gasteiger partial charge in [-0.15, -0.1) is 0 Å². The number of pyridine rings is 1. The van der Waals surface area contributed by atoms with Gasteiger partial charge in [0.05, 0.1) is 29.3 Å². The van der Waals surface area contributed by atoms with Crippen molar-refractivity contribution in [3.63, 3.8) is 0 Å². The third kappa shape index (κ3) is 6.94. The molecule has 0 radical (unpaired) electrons. The quantitative estimate of drug-likeness (QED) is 0.203. The minimum atomic E-state index is -4.33.